The number of carbonyl (C=O) groups is 2. The molecule has 0 radical (unpaired) electrons. The van der Waals surface area contributed by atoms with E-state index in [0.29, 0.717) is 49.3 Å². The van der Waals surface area contributed by atoms with Crippen LogP contribution in [-0.2, 0) is 14.3 Å². The summed E-state index contributed by atoms with van der Waals surface area (Å²) in [7, 11) is 2.01. The number of piperazine rings is 1. The van der Waals surface area contributed by atoms with Crippen molar-refractivity contribution in [2.45, 2.75) is 51.4 Å². The van der Waals surface area contributed by atoms with Crippen molar-refractivity contribution < 1.29 is 31.9 Å². The summed E-state index contributed by atoms with van der Waals surface area (Å²) in [6, 6.07) is 3.16. The summed E-state index contributed by atoms with van der Waals surface area (Å²) in [5.74, 6) is -3.75. The van der Waals surface area contributed by atoms with Crippen LogP contribution in [0.4, 0.5) is 28.9 Å². The molecule has 4 heterocycles. The number of rotatable bonds is 6. The van der Waals surface area contributed by atoms with Gasteiger partial charge in [0.25, 0.3) is 5.91 Å². The zero-order valence-corrected chi connectivity index (χ0v) is 24.8. The summed E-state index contributed by atoms with van der Waals surface area (Å²) in [6.45, 7) is 9.09. The Bertz CT molecular complexity index is 1310. The number of carbonyl (C=O) groups excluding carboxylic acids is 2. The Balaban J connectivity index is 1.44. The van der Waals surface area contributed by atoms with Crippen molar-refractivity contribution in [3.63, 3.8) is 0 Å². The standard InChI is InChI=1S/C31H39F4N5O3/c1-19-16-40(17-20(2)38(19)3)28-14-26(32)23(22-4-8-39(9-5-22)18-21-6-10-43-11-7-21)12-27(28)37-30(42)24-15-36-29(41)13-25(24)31(33,34)35/h4,12-15,19-21,24H,5-11,16-18H2,1-3H3,(H,37,42)/t19-,20+,24?. The van der Waals surface area contributed by atoms with Crippen molar-refractivity contribution in [3.8, 4) is 0 Å². The highest BCUT2D eigenvalue weighted by molar-refractivity contribution is 6.11. The molecular weight excluding hydrogens is 566 g/mol. The number of hydrogen-bond donors (Lipinski definition) is 1. The second kappa shape index (κ2) is 12.9. The first-order valence-electron chi connectivity index (χ1n) is 14.9. The lowest BCUT2D eigenvalue weighted by molar-refractivity contribution is -0.124. The maximum absolute atomic E-state index is 15.8. The molecule has 0 aliphatic carbocycles. The van der Waals surface area contributed by atoms with Gasteiger partial charge in [-0.1, -0.05) is 6.08 Å². The van der Waals surface area contributed by atoms with E-state index in [-0.39, 0.29) is 17.8 Å². The lowest BCUT2D eigenvalue weighted by atomic mass is 9.94. The second-order valence-electron chi connectivity index (χ2n) is 12.1. The van der Waals surface area contributed by atoms with Gasteiger partial charge in [-0.15, -0.1) is 0 Å². The minimum atomic E-state index is -4.90. The van der Waals surface area contributed by atoms with Crippen molar-refractivity contribution >= 4 is 35.0 Å². The van der Waals surface area contributed by atoms with E-state index in [1.54, 1.807) is 0 Å². The highest BCUT2D eigenvalue weighted by atomic mass is 19.4. The summed E-state index contributed by atoms with van der Waals surface area (Å²) in [5, 5.41) is 2.65. The number of amides is 2. The molecule has 2 saturated heterocycles. The van der Waals surface area contributed by atoms with Crippen LogP contribution in [0.25, 0.3) is 5.57 Å². The fourth-order valence-corrected chi connectivity index (χ4v) is 6.35. The van der Waals surface area contributed by atoms with E-state index in [0.717, 1.165) is 50.9 Å². The first-order chi connectivity index (χ1) is 20.4. The number of likely N-dealkylation sites (N-methyl/N-ethyl adjacent to an activating group) is 1. The molecule has 4 aliphatic rings. The third-order valence-electron chi connectivity index (χ3n) is 9.11. The topological polar surface area (TPSA) is 77.5 Å². The van der Waals surface area contributed by atoms with Crippen LogP contribution in [-0.4, -0.2) is 99.1 Å². The molecule has 0 saturated carbocycles. The average molecular weight is 606 g/mol. The molecule has 8 nitrogen and oxygen atoms in total. The Kier molecular flexibility index (Phi) is 9.38. The Hall–Kier alpha value is -3.09. The van der Waals surface area contributed by atoms with Crippen LogP contribution >= 0.6 is 0 Å². The van der Waals surface area contributed by atoms with Gasteiger partial charge in [-0.05, 0) is 63.8 Å². The van der Waals surface area contributed by atoms with E-state index in [9.17, 15) is 22.8 Å². The van der Waals surface area contributed by atoms with E-state index in [1.165, 1.54) is 12.1 Å². The molecule has 0 aromatic heterocycles. The van der Waals surface area contributed by atoms with Gasteiger partial charge in [0.15, 0.2) is 0 Å². The van der Waals surface area contributed by atoms with Gasteiger partial charge in [0.05, 0.1) is 16.9 Å². The predicted molar refractivity (Wildman–Crippen MR) is 158 cm³/mol. The maximum Gasteiger partial charge on any atom is 0.414 e. The first kappa shape index (κ1) is 31.3. The van der Waals surface area contributed by atoms with E-state index < -0.39 is 35.3 Å². The SMILES string of the molecule is C[C@@H]1CN(c2cc(F)c(C3=CCN(CC4CCOCC4)CC3)cc2NC(=O)C2C=NC(=O)C=C2C(F)(F)F)C[C@H](C)N1C. The smallest absolute Gasteiger partial charge is 0.381 e. The molecule has 1 unspecified atom stereocenters. The largest absolute Gasteiger partial charge is 0.414 e. The molecule has 0 bridgehead atoms. The minimum Gasteiger partial charge on any atom is -0.381 e. The number of halogens is 4. The third kappa shape index (κ3) is 7.18. The zero-order valence-electron chi connectivity index (χ0n) is 24.8. The highest BCUT2D eigenvalue weighted by Gasteiger charge is 2.43. The molecule has 1 N–H and O–H groups in total. The van der Waals surface area contributed by atoms with E-state index in [4.69, 9.17) is 4.74 Å². The summed E-state index contributed by atoms with van der Waals surface area (Å²) in [5.41, 5.74) is 0.459. The summed E-state index contributed by atoms with van der Waals surface area (Å²) < 4.78 is 62.6. The molecule has 4 aliphatic heterocycles. The van der Waals surface area contributed by atoms with E-state index in [2.05, 4.69) is 20.1 Å². The lowest BCUT2D eigenvalue weighted by Gasteiger charge is -2.44. The van der Waals surface area contributed by atoms with Crippen LogP contribution in [0.2, 0.25) is 0 Å². The zero-order chi connectivity index (χ0) is 30.9. The molecule has 234 valence electrons. The number of hydrogen-bond acceptors (Lipinski definition) is 6. The number of nitrogens with zero attached hydrogens (tertiary/aromatic N) is 4. The lowest BCUT2D eigenvalue weighted by Crippen LogP contribution is -2.55. The Labute approximate surface area is 249 Å². The van der Waals surface area contributed by atoms with Gasteiger partial charge in [0.1, 0.15) is 11.7 Å². The van der Waals surface area contributed by atoms with Crippen LogP contribution < -0.4 is 10.2 Å². The first-order valence-corrected chi connectivity index (χ1v) is 14.9. The molecule has 3 atom stereocenters. The molecule has 5 rings (SSSR count). The van der Waals surface area contributed by atoms with Crippen molar-refractivity contribution in [1.82, 2.24) is 9.80 Å². The normalized spacial score (nSPS) is 26.3. The van der Waals surface area contributed by atoms with Gasteiger partial charge in [-0.25, -0.2) is 9.38 Å². The maximum atomic E-state index is 15.8. The Morgan fingerprint density at radius 2 is 1.84 bits per heavy atom. The summed E-state index contributed by atoms with van der Waals surface area (Å²) in [6.07, 6.45) is 0.837. The number of benzene rings is 1. The van der Waals surface area contributed by atoms with Crippen LogP contribution in [0.5, 0.6) is 0 Å². The van der Waals surface area contributed by atoms with Crippen molar-refractivity contribution in [1.29, 1.82) is 0 Å². The number of nitrogens with one attached hydrogen (secondary N) is 1. The van der Waals surface area contributed by atoms with Gasteiger partial charge in [0.2, 0.25) is 5.91 Å². The van der Waals surface area contributed by atoms with Gasteiger partial charge in [-0.3, -0.25) is 19.4 Å². The molecule has 12 heteroatoms. The highest BCUT2D eigenvalue weighted by Crippen LogP contribution is 2.38. The van der Waals surface area contributed by atoms with Crippen molar-refractivity contribution in [2.24, 2.45) is 16.8 Å². The molecule has 43 heavy (non-hydrogen) atoms. The average Bonchev–Trinajstić information content (AvgIpc) is 2.97. The number of anilines is 2. The Morgan fingerprint density at radius 3 is 2.47 bits per heavy atom. The number of ether oxygens (including phenoxy) is 1. The van der Waals surface area contributed by atoms with Gasteiger partial charge in [-0.2, -0.15) is 13.2 Å². The van der Waals surface area contributed by atoms with Gasteiger partial charge in [0, 0.05) is 75.9 Å². The monoisotopic (exact) mass is 605 g/mol. The van der Waals surface area contributed by atoms with Crippen LogP contribution in [0.15, 0.2) is 34.9 Å². The summed E-state index contributed by atoms with van der Waals surface area (Å²) in [4.78, 5) is 34.9. The van der Waals surface area contributed by atoms with E-state index in [1.807, 2.05) is 31.9 Å². The Morgan fingerprint density at radius 1 is 1.14 bits per heavy atom. The quantitative estimate of drug-likeness (QED) is 0.481. The molecule has 0 spiro atoms. The second-order valence-corrected chi connectivity index (χ2v) is 12.1. The molecule has 2 fully saturated rings. The molecule has 1 aromatic carbocycles. The number of dihydropyridines is 1. The molecule has 1 aromatic rings. The fourth-order valence-electron chi connectivity index (χ4n) is 6.35. The van der Waals surface area contributed by atoms with E-state index >= 15 is 4.39 Å². The number of aliphatic imine (C=N–C) groups is 1. The van der Waals surface area contributed by atoms with Gasteiger partial charge >= 0.3 is 6.18 Å². The van der Waals surface area contributed by atoms with Crippen molar-refractivity contribution in [3.05, 3.63) is 41.2 Å². The van der Waals surface area contributed by atoms with Crippen LogP contribution in [0.1, 0.15) is 38.7 Å². The summed E-state index contributed by atoms with van der Waals surface area (Å²) >= 11 is 0. The molecular formula is C31H39F4N5O3. The predicted octanol–water partition coefficient (Wildman–Crippen LogP) is 4.52. The molecule has 2 amide bonds. The fraction of sp³-hybridized carbons (Fsp3) is 0.581. The minimum absolute atomic E-state index is 0.119. The van der Waals surface area contributed by atoms with Crippen molar-refractivity contribution in [2.75, 3.05) is 63.2 Å². The third-order valence-corrected chi connectivity index (χ3v) is 9.11. The van der Waals surface area contributed by atoms with Crippen LogP contribution in [0.3, 0.4) is 0 Å². The number of alkyl halides is 3. The van der Waals surface area contributed by atoms with Gasteiger partial charge < -0.3 is 15.0 Å². The van der Waals surface area contributed by atoms with Crippen LogP contribution in [0, 0.1) is 17.7 Å².